The van der Waals surface area contributed by atoms with Crippen molar-refractivity contribution in [1.82, 2.24) is 4.31 Å². The number of aryl methyl sites for hydroxylation is 1. The first kappa shape index (κ1) is 21.0. The lowest BCUT2D eigenvalue weighted by atomic mass is 9.81. The second-order valence-corrected chi connectivity index (χ2v) is 7.87. The summed E-state index contributed by atoms with van der Waals surface area (Å²) in [5, 5.41) is 0. The van der Waals surface area contributed by atoms with Crippen molar-refractivity contribution in [3.05, 3.63) is 71.9 Å². The predicted molar refractivity (Wildman–Crippen MR) is 113 cm³/mol. The number of esters is 1. The maximum absolute atomic E-state index is 13.3. The van der Waals surface area contributed by atoms with Crippen LogP contribution in [0, 0.1) is 12.8 Å². The van der Waals surface area contributed by atoms with Gasteiger partial charge in [0.25, 0.3) is 0 Å². The van der Waals surface area contributed by atoms with Gasteiger partial charge in [-0.1, -0.05) is 35.9 Å². The van der Waals surface area contributed by atoms with E-state index in [0.717, 1.165) is 21.8 Å². The summed E-state index contributed by atoms with van der Waals surface area (Å²) < 4.78 is 11.9. The minimum absolute atomic E-state index is 0.0508. The zero-order valence-corrected chi connectivity index (χ0v) is 17.6. The van der Waals surface area contributed by atoms with Gasteiger partial charge in [-0.25, -0.2) is 0 Å². The van der Waals surface area contributed by atoms with Crippen molar-refractivity contribution in [1.29, 1.82) is 0 Å². The Morgan fingerprint density at radius 3 is 2.41 bits per heavy atom. The number of rotatable bonds is 7. The van der Waals surface area contributed by atoms with Crippen LogP contribution in [0.5, 0.6) is 5.75 Å². The molecule has 0 aromatic heterocycles. The van der Waals surface area contributed by atoms with E-state index >= 15 is 0 Å². The molecule has 1 aliphatic rings. The van der Waals surface area contributed by atoms with Crippen molar-refractivity contribution < 1.29 is 19.1 Å². The highest BCUT2D eigenvalue weighted by Crippen LogP contribution is 2.38. The fourth-order valence-corrected chi connectivity index (χ4v) is 4.11. The normalized spacial score (nSPS) is 18.6. The van der Waals surface area contributed by atoms with Gasteiger partial charge in [-0.05, 0) is 55.6 Å². The number of nitrogens with zero attached hydrogens (tertiary/aromatic N) is 1. The summed E-state index contributed by atoms with van der Waals surface area (Å²) in [4.78, 5) is 26.4. The topological polar surface area (TPSA) is 55.8 Å². The van der Waals surface area contributed by atoms with E-state index in [0.29, 0.717) is 6.61 Å². The third-order valence-electron chi connectivity index (χ3n) is 4.81. The molecule has 5 nitrogen and oxygen atoms in total. The van der Waals surface area contributed by atoms with Gasteiger partial charge in [0, 0.05) is 17.0 Å². The van der Waals surface area contributed by atoms with Gasteiger partial charge in [0.1, 0.15) is 5.75 Å². The Bertz CT molecular complexity index is 877. The highest BCUT2D eigenvalue weighted by atomic mass is 32.2. The van der Waals surface area contributed by atoms with Crippen LogP contribution in [0.4, 0.5) is 0 Å². The van der Waals surface area contributed by atoms with Crippen LogP contribution in [-0.2, 0) is 14.3 Å². The van der Waals surface area contributed by atoms with E-state index in [1.165, 1.54) is 11.9 Å². The Kier molecular flexibility index (Phi) is 6.99. The molecule has 0 radical (unpaired) electrons. The largest absolute Gasteiger partial charge is 0.497 e. The molecule has 29 heavy (non-hydrogen) atoms. The average molecular weight is 412 g/mol. The number of hydrogen-bond acceptors (Lipinski definition) is 5. The van der Waals surface area contributed by atoms with Gasteiger partial charge in [0.05, 0.1) is 26.1 Å². The Hall–Kier alpha value is -2.73. The van der Waals surface area contributed by atoms with Gasteiger partial charge in [-0.2, -0.15) is 0 Å². The van der Waals surface area contributed by atoms with Gasteiger partial charge >= 0.3 is 5.97 Å². The summed E-state index contributed by atoms with van der Waals surface area (Å²) in [5.41, 5.74) is 2.17. The number of benzene rings is 2. The minimum Gasteiger partial charge on any atom is -0.497 e. The second kappa shape index (κ2) is 9.65. The molecule has 1 heterocycles. The molecule has 2 aromatic carbocycles. The van der Waals surface area contributed by atoms with Crippen LogP contribution < -0.4 is 4.74 Å². The van der Waals surface area contributed by atoms with Crippen molar-refractivity contribution >= 4 is 23.8 Å². The van der Waals surface area contributed by atoms with Crippen molar-refractivity contribution in [3.63, 3.8) is 0 Å². The molecule has 1 aliphatic heterocycles. The minimum atomic E-state index is -0.507. The molecule has 1 amide bonds. The van der Waals surface area contributed by atoms with Gasteiger partial charge in [0.2, 0.25) is 5.91 Å². The summed E-state index contributed by atoms with van der Waals surface area (Å²) in [6.45, 7) is 4.09. The van der Waals surface area contributed by atoms with Crippen LogP contribution in [-0.4, -0.2) is 29.9 Å². The maximum Gasteiger partial charge on any atom is 0.306 e. The van der Waals surface area contributed by atoms with Crippen LogP contribution in [0.15, 0.2) is 65.7 Å². The van der Waals surface area contributed by atoms with Crippen LogP contribution in [0.25, 0.3) is 0 Å². The SMILES string of the molecule is CCOC(=O)CC1C(=O)N(Sc2ccc(OC)cc2)C=CC1c1ccc(C)cc1. The van der Waals surface area contributed by atoms with Crippen molar-refractivity contribution in [3.8, 4) is 5.75 Å². The summed E-state index contributed by atoms with van der Waals surface area (Å²) in [6.07, 6.45) is 3.84. The smallest absolute Gasteiger partial charge is 0.306 e. The highest BCUT2D eigenvalue weighted by Gasteiger charge is 2.36. The molecule has 0 fully saturated rings. The van der Waals surface area contributed by atoms with E-state index in [1.54, 1.807) is 24.5 Å². The summed E-state index contributed by atoms with van der Waals surface area (Å²) in [6, 6.07) is 15.6. The van der Waals surface area contributed by atoms with Crippen LogP contribution in [0.3, 0.4) is 0 Å². The third-order valence-corrected chi connectivity index (χ3v) is 5.80. The van der Waals surface area contributed by atoms with Gasteiger partial charge in [-0.3, -0.25) is 13.9 Å². The molecule has 6 heteroatoms. The molecule has 0 N–H and O–H groups in total. The Balaban J connectivity index is 1.85. The van der Waals surface area contributed by atoms with E-state index < -0.39 is 5.92 Å². The van der Waals surface area contributed by atoms with Crippen molar-refractivity contribution in [2.75, 3.05) is 13.7 Å². The maximum atomic E-state index is 13.3. The molecule has 0 aliphatic carbocycles. The first-order valence-corrected chi connectivity index (χ1v) is 10.3. The molecule has 0 bridgehead atoms. The molecule has 2 unspecified atom stereocenters. The van der Waals surface area contributed by atoms with E-state index in [-0.39, 0.29) is 24.2 Å². The monoisotopic (exact) mass is 411 g/mol. The number of carbonyl (C=O) groups excluding carboxylic acids is 2. The average Bonchev–Trinajstić information content (AvgIpc) is 2.72. The predicted octanol–water partition coefficient (Wildman–Crippen LogP) is 4.72. The lowest BCUT2D eigenvalue weighted by molar-refractivity contribution is -0.147. The first-order chi connectivity index (χ1) is 14.0. The van der Waals surface area contributed by atoms with Crippen LogP contribution >= 0.6 is 11.9 Å². The number of ether oxygens (including phenoxy) is 2. The van der Waals surface area contributed by atoms with E-state index in [1.807, 2.05) is 61.5 Å². The van der Waals surface area contributed by atoms with Gasteiger partial charge in [-0.15, -0.1) is 0 Å². The molecule has 2 atom stereocenters. The second-order valence-electron chi connectivity index (χ2n) is 6.82. The van der Waals surface area contributed by atoms with E-state index in [4.69, 9.17) is 9.47 Å². The fourth-order valence-electron chi connectivity index (χ4n) is 3.27. The molecule has 3 rings (SSSR count). The summed E-state index contributed by atoms with van der Waals surface area (Å²) in [5.74, 6) is -0.373. The lowest BCUT2D eigenvalue weighted by Crippen LogP contribution is -2.36. The zero-order valence-electron chi connectivity index (χ0n) is 16.8. The third kappa shape index (κ3) is 5.21. The van der Waals surface area contributed by atoms with Gasteiger partial charge < -0.3 is 9.47 Å². The number of amides is 1. The number of methoxy groups -OCH3 is 1. The Morgan fingerprint density at radius 1 is 1.10 bits per heavy atom. The number of allylic oxidation sites excluding steroid dienone is 1. The molecule has 0 saturated heterocycles. The Morgan fingerprint density at radius 2 is 1.79 bits per heavy atom. The van der Waals surface area contributed by atoms with Crippen molar-refractivity contribution in [2.24, 2.45) is 5.92 Å². The van der Waals surface area contributed by atoms with E-state index in [9.17, 15) is 9.59 Å². The standard InChI is InChI=1S/C23H25NO4S/c1-4-28-22(25)15-21-20(17-7-5-16(2)6-8-17)13-14-24(23(21)26)29-19-11-9-18(27-3)10-12-19/h5-14,20-21H,4,15H2,1-3H3. The fraction of sp³-hybridized carbons (Fsp3) is 0.304. The zero-order chi connectivity index (χ0) is 20.8. The highest BCUT2D eigenvalue weighted by molar-refractivity contribution is 7.97. The van der Waals surface area contributed by atoms with Gasteiger partial charge in [0.15, 0.2) is 0 Å². The van der Waals surface area contributed by atoms with E-state index in [2.05, 4.69) is 0 Å². The molecular formula is C23H25NO4S. The summed E-state index contributed by atoms with van der Waals surface area (Å²) in [7, 11) is 1.62. The molecule has 2 aromatic rings. The number of hydrogen-bond donors (Lipinski definition) is 0. The van der Waals surface area contributed by atoms with Crippen molar-refractivity contribution in [2.45, 2.75) is 31.1 Å². The molecule has 0 spiro atoms. The number of carbonyl (C=O) groups is 2. The van der Waals surface area contributed by atoms with Crippen LogP contribution in [0.2, 0.25) is 0 Å². The summed E-state index contributed by atoms with van der Waals surface area (Å²) >= 11 is 1.33. The first-order valence-electron chi connectivity index (χ1n) is 9.57. The van der Waals surface area contributed by atoms with Crippen LogP contribution in [0.1, 0.15) is 30.4 Å². The Labute approximate surface area is 175 Å². The molecule has 152 valence electrons. The quantitative estimate of drug-likeness (QED) is 0.487. The lowest BCUT2D eigenvalue weighted by Gasteiger charge is -2.32. The molecular weight excluding hydrogens is 386 g/mol. The molecule has 0 saturated carbocycles.